The summed E-state index contributed by atoms with van der Waals surface area (Å²) in [5, 5.41) is 3.01. The van der Waals surface area contributed by atoms with E-state index in [2.05, 4.69) is 30.4 Å². The van der Waals surface area contributed by atoms with Crippen molar-refractivity contribution < 1.29 is 19.0 Å². The summed E-state index contributed by atoms with van der Waals surface area (Å²) in [5.74, 6) is 2.46. The Morgan fingerprint density at radius 1 is 0.794 bits per heavy atom. The number of nitrogens with one attached hydrogen (secondary N) is 1. The Morgan fingerprint density at radius 2 is 1.44 bits per heavy atom. The van der Waals surface area contributed by atoms with Gasteiger partial charge in [-0.25, -0.2) is 0 Å². The van der Waals surface area contributed by atoms with Crippen molar-refractivity contribution in [3.05, 3.63) is 83.9 Å². The highest BCUT2D eigenvalue weighted by molar-refractivity contribution is 5.94. The molecule has 180 valence electrons. The van der Waals surface area contributed by atoms with E-state index >= 15 is 0 Å². The van der Waals surface area contributed by atoms with Crippen LogP contribution in [0.1, 0.15) is 37.8 Å². The maximum Gasteiger partial charge on any atom is 0.230 e. The van der Waals surface area contributed by atoms with Crippen molar-refractivity contribution in [2.75, 3.05) is 25.1 Å². The van der Waals surface area contributed by atoms with E-state index in [9.17, 15) is 4.79 Å². The Labute approximate surface area is 203 Å². The number of para-hydroxylation sites is 1. The fourth-order valence-corrected chi connectivity index (χ4v) is 3.44. The number of amides is 1. The zero-order chi connectivity index (χ0) is 24.4. The van der Waals surface area contributed by atoms with Crippen LogP contribution < -0.4 is 19.5 Å². The first-order valence-corrected chi connectivity index (χ1v) is 11.8. The molecule has 0 saturated heterocycles. The van der Waals surface area contributed by atoms with E-state index in [1.807, 2.05) is 75.4 Å². The highest BCUT2D eigenvalue weighted by Gasteiger charge is 2.27. The van der Waals surface area contributed by atoms with Gasteiger partial charge in [0.05, 0.1) is 6.61 Å². The highest BCUT2D eigenvalue weighted by atomic mass is 16.5. The molecule has 1 amide bonds. The molecule has 0 aliphatic rings. The van der Waals surface area contributed by atoms with Crippen LogP contribution in [0.4, 0.5) is 5.69 Å². The molecule has 0 bridgehead atoms. The Hall–Kier alpha value is -3.47. The Bertz CT molecular complexity index is 1050. The largest absolute Gasteiger partial charge is 0.493 e. The molecule has 0 unspecified atom stereocenters. The second-order valence-electron chi connectivity index (χ2n) is 9.09. The smallest absolute Gasteiger partial charge is 0.230 e. The summed E-state index contributed by atoms with van der Waals surface area (Å²) in [5.41, 5.74) is 2.54. The molecule has 0 spiro atoms. The van der Waals surface area contributed by atoms with Gasteiger partial charge in [-0.15, -0.1) is 0 Å². The van der Waals surface area contributed by atoms with Crippen molar-refractivity contribution in [1.82, 2.24) is 0 Å². The van der Waals surface area contributed by atoms with E-state index in [1.165, 1.54) is 5.56 Å². The molecule has 3 rings (SSSR count). The van der Waals surface area contributed by atoms with Crippen molar-refractivity contribution in [2.24, 2.45) is 5.41 Å². The lowest BCUT2D eigenvalue weighted by molar-refractivity contribution is -0.124. The molecule has 0 fully saturated rings. The van der Waals surface area contributed by atoms with E-state index in [0.717, 1.165) is 41.3 Å². The standard InChI is InChI=1S/C29H35NO4/c1-22-11-12-23(2)27(21-22)34-18-8-17-29(3,4)28(31)30-24-13-15-26(16-14-24)33-20-19-32-25-9-6-5-7-10-25/h5-7,9-16,21H,8,17-20H2,1-4H3,(H,30,31). The minimum atomic E-state index is -0.505. The van der Waals surface area contributed by atoms with Crippen LogP contribution in [0.15, 0.2) is 72.8 Å². The predicted octanol–water partition coefficient (Wildman–Crippen LogP) is 6.59. The SMILES string of the molecule is Cc1ccc(C)c(OCCCC(C)(C)C(=O)Nc2ccc(OCCOc3ccccc3)cc2)c1. The lowest BCUT2D eigenvalue weighted by Crippen LogP contribution is -2.31. The summed E-state index contributed by atoms with van der Waals surface area (Å²) in [6, 6.07) is 23.3. The number of hydrogen-bond acceptors (Lipinski definition) is 4. The molecule has 3 aromatic carbocycles. The van der Waals surface area contributed by atoms with E-state index in [-0.39, 0.29) is 5.91 Å². The van der Waals surface area contributed by atoms with Crippen molar-refractivity contribution in [3.8, 4) is 17.2 Å². The van der Waals surface area contributed by atoms with Crippen LogP contribution in [0.5, 0.6) is 17.2 Å². The maximum absolute atomic E-state index is 12.8. The third-order valence-corrected chi connectivity index (χ3v) is 5.64. The van der Waals surface area contributed by atoms with Crippen LogP contribution in [0.3, 0.4) is 0 Å². The zero-order valence-electron chi connectivity index (χ0n) is 20.6. The third kappa shape index (κ3) is 7.84. The number of anilines is 1. The molecule has 0 saturated carbocycles. The van der Waals surface area contributed by atoms with Gasteiger partial charge in [0.25, 0.3) is 0 Å². The van der Waals surface area contributed by atoms with Gasteiger partial charge in [-0.05, 0) is 80.3 Å². The van der Waals surface area contributed by atoms with Crippen LogP contribution in [0, 0.1) is 19.3 Å². The second kappa shape index (κ2) is 12.1. The molecular weight excluding hydrogens is 426 g/mol. The van der Waals surface area contributed by atoms with Crippen LogP contribution in [-0.2, 0) is 4.79 Å². The topological polar surface area (TPSA) is 56.8 Å². The summed E-state index contributed by atoms with van der Waals surface area (Å²) in [7, 11) is 0. The van der Waals surface area contributed by atoms with Gasteiger partial charge in [0.1, 0.15) is 30.5 Å². The first-order chi connectivity index (χ1) is 16.3. The Balaban J connectivity index is 1.38. The fraction of sp³-hybridized carbons (Fsp3) is 0.345. The lowest BCUT2D eigenvalue weighted by atomic mass is 9.87. The second-order valence-corrected chi connectivity index (χ2v) is 9.09. The molecule has 0 heterocycles. The molecule has 0 aliphatic carbocycles. The van der Waals surface area contributed by atoms with E-state index < -0.39 is 5.41 Å². The Kier molecular flexibility index (Phi) is 8.97. The van der Waals surface area contributed by atoms with Crippen LogP contribution >= 0.6 is 0 Å². The fourth-order valence-electron chi connectivity index (χ4n) is 3.44. The van der Waals surface area contributed by atoms with E-state index in [0.29, 0.717) is 19.8 Å². The monoisotopic (exact) mass is 461 g/mol. The Morgan fingerprint density at radius 3 is 2.12 bits per heavy atom. The van der Waals surface area contributed by atoms with Crippen LogP contribution in [0.25, 0.3) is 0 Å². The van der Waals surface area contributed by atoms with Gasteiger partial charge < -0.3 is 19.5 Å². The van der Waals surface area contributed by atoms with Crippen LogP contribution in [0.2, 0.25) is 0 Å². The average molecular weight is 462 g/mol. The normalized spacial score (nSPS) is 11.1. The predicted molar refractivity (Wildman–Crippen MR) is 137 cm³/mol. The summed E-state index contributed by atoms with van der Waals surface area (Å²) in [4.78, 5) is 12.8. The first kappa shape index (κ1) is 25.2. The summed E-state index contributed by atoms with van der Waals surface area (Å²) in [6.45, 7) is 9.51. The summed E-state index contributed by atoms with van der Waals surface area (Å²) < 4.78 is 17.3. The molecule has 0 atom stereocenters. The lowest BCUT2D eigenvalue weighted by Gasteiger charge is -2.24. The summed E-state index contributed by atoms with van der Waals surface area (Å²) >= 11 is 0. The van der Waals surface area contributed by atoms with Gasteiger partial charge >= 0.3 is 0 Å². The van der Waals surface area contributed by atoms with Gasteiger partial charge in [-0.3, -0.25) is 4.79 Å². The van der Waals surface area contributed by atoms with Crippen LogP contribution in [-0.4, -0.2) is 25.7 Å². The van der Waals surface area contributed by atoms with Crippen molar-refractivity contribution >= 4 is 11.6 Å². The number of carbonyl (C=O) groups excluding carboxylic acids is 1. The van der Waals surface area contributed by atoms with Crippen molar-refractivity contribution in [1.29, 1.82) is 0 Å². The van der Waals surface area contributed by atoms with Gasteiger partial charge in [0.2, 0.25) is 5.91 Å². The van der Waals surface area contributed by atoms with Gasteiger partial charge in [-0.1, -0.05) is 44.2 Å². The quantitative estimate of drug-likeness (QED) is 0.309. The number of rotatable bonds is 12. The molecule has 0 aliphatic heterocycles. The average Bonchev–Trinajstić information content (AvgIpc) is 2.83. The zero-order valence-corrected chi connectivity index (χ0v) is 20.6. The number of ether oxygens (including phenoxy) is 3. The minimum absolute atomic E-state index is 0.0100. The van der Waals surface area contributed by atoms with Gasteiger partial charge in [0, 0.05) is 11.1 Å². The first-order valence-electron chi connectivity index (χ1n) is 11.8. The molecule has 0 aromatic heterocycles. The summed E-state index contributed by atoms with van der Waals surface area (Å²) in [6.07, 6.45) is 1.53. The number of aryl methyl sites for hydroxylation is 2. The number of carbonyl (C=O) groups is 1. The number of hydrogen-bond donors (Lipinski definition) is 1. The number of benzene rings is 3. The highest BCUT2D eigenvalue weighted by Crippen LogP contribution is 2.26. The molecule has 1 N–H and O–H groups in total. The van der Waals surface area contributed by atoms with Crippen molar-refractivity contribution in [2.45, 2.75) is 40.5 Å². The molecule has 0 radical (unpaired) electrons. The molecule has 5 nitrogen and oxygen atoms in total. The van der Waals surface area contributed by atoms with Gasteiger partial charge in [0.15, 0.2) is 0 Å². The third-order valence-electron chi connectivity index (χ3n) is 5.64. The molecular formula is C29H35NO4. The molecule has 5 heteroatoms. The van der Waals surface area contributed by atoms with Crippen molar-refractivity contribution in [3.63, 3.8) is 0 Å². The maximum atomic E-state index is 12.8. The molecule has 34 heavy (non-hydrogen) atoms. The minimum Gasteiger partial charge on any atom is -0.493 e. The van der Waals surface area contributed by atoms with Gasteiger partial charge in [-0.2, -0.15) is 0 Å². The molecule has 3 aromatic rings. The van der Waals surface area contributed by atoms with E-state index in [1.54, 1.807) is 0 Å². The van der Waals surface area contributed by atoms with E-state index in [4.69, 9.17) is 14.2 Å².